The van der Waals surface area contributed by atoms with Gasteiger partial charge >= 0.3 is 0 Å². The summed E-state index contributed by atoms with van der Waals surface area (Å²) in [5, 5.41) is 10.7. The Morgan fingerprint density at radius 3 is 2.54 bits per heavy atom. The molecule has 0 fully saturated rings. The molecule has 0 atom stereocenters. The lowest BCUT2D eigenvalue weighted by Gasteiger charge is -2.07. The summed E-state index contributed by atoms with van der Waals surface area (Å²) in [5.74, 6) is 1.14. The highest BCUT2D eigenvalue weighted by Crippen LogP contribution is 2.13. The molecule has 3 rings (SSSR count). The quantitative estimate of drug-likeness (QED) is 0.723. The number of hydrogen-bond donors (Lipinski definition) is 2. The maximum atomic E-state index is 12.0. The fourth-order valence-corrected chi connectivity index (χ4v) is 3.19. The van der Waals surface area contributed by atoms with Gasteiger partial charge in [0.15, 0.2) is 0 Å². The number of aromatic amines is 1. The van der Waals surface area contributed by atoms with Crippen LogP contribution in [-0.4, -0.2) is 21.9 Å². The van der Waals surface area contributed by atoms with Crippen molar-refractivity contribution < 1.29 is 4.79 Å². The van der Waals surface area contributed by atoms with Crippen molar-refractivity contribution >= 4 is 28.4 Å². The Labute approximate surface area is 143 Å². The van der Waals surface area contributed by atoms with Crippen LogP contribution in [0.2, 0.25) is 0 Å². The first-order valence-electron chi connectivity index (χ1n) is 7.59. The minimum atomic E-state index is -0.223. The zero-order valence-electron chi connectivity index (χ0n) is 13.0. The molecule has 3 aromatic rings. The molecule has 6 heteroatoms. The van der Waals surface area contributed by atoms with Gasteiger partial charge in [0.25, 0.3) is 5.56 Å². The normalized spacial score (nSPS) is 10.7. The molecule has 2 N–H and O–H groups in total. The minimum Gasteiger partial charge on any atom is -0.350 e. The van der Waals surface area contributed by atoms with Gasteiger partial charge in [0, 0.05) is 11.1 Å². The van der Waals surface area contributed by atoms with Gasteiger partial charge < -0.3 is 5.32 Å². The number of nitrogens with zero attached hydrogens (tertiary/aromatic N) is 1. The highest BCUT2D eigenvalue weighted by Gasteiger charge is 2.08. The van der Waals surface area contributed by atoms with Gasteiger partial charge in [-0.2, -0.15) is 5.10 Å². The van der Waals surface area contributed by atoms with E-state index in [1.165, 1.54) is 5.56 Å². The summed E-state index contributed by atoms with van der Waals surface area (Å²) < 4.78 is 0. The fraction of sp³-hybridized carbons (Fsp3) is 0.167. The SMILES string of the molecule is O=C(CSCc1ccccc1)NCc1n[nH]c(=O)c2ccccc12. The molecule has 1 heterocycles. The lowest BCUT2D eigenvalue weighted by atomic mass is 10.1. The number of rotatable bonds is 6. The molecule has 1 aromatic heterocycles. The zero-order chi connectivity index (χ0) is 16.8. The van der Waals surface area contributed by atoms with Crippen LogP contribution in [0.15, 0.2) is 59.4 Å². The number of amides is 1. The number of benzene rings is 2. The number of H-pyrrole nitrogens is 1. The van der Waals surface area contributed by atoms with Crippen molar-refractivity contribution in [2.24, 2.45) is 0 Å². The number of carbonyl (C=O) groups is 1. The number of aromatic nitrogens is 2. The molecule has 0 aliphatic heterocycles. The topological polar surface area (TPSA) is 74.8 Å². The van der Waals surface area contributed by atoms with E-state index >= 15 is 0 Å². The zero-order valence-corrected chi connectivity index (χ0v) is 13.8. The molecule has 5 nitrogen and oxygen atoms in total. The van der Waals surface area contributed by atoms with Crippen molar-refractivity contribution in [1.29, 1.82) is 0 Å². The van der Waals surface area contributed by atoms with Crippen molar-refractivity contribution in [2.75, 3.05) is 5.75 Å². The molecular formula is C18H17N3O2S. The van der Waals surface area contributed by atoms with Gasteiger partial charge in [-0.25, -0.2) is 5.10 Å². The van der Waals surface area contributed by atoms with Gasteiger partial charge in [-0.05, 0) is 11.6 Å². The van der Waals surface area contributed by atoms with E-state index in [1.807, 2.05) is 42.5 Å². The van der Waals surface area contributed by atoms with Gasteiger partial charge in [0.2, 0.25) is 5.91 Å². The van der Waals surface area contributed by atoms with Crippen LogP contribution in [0.5, 0.6) is 0 Å². The maximum Gasteiger partial charge on any atom is 0.272 e. The highest BCUT2D eigenvalue weighted by molar-refractivity contribution is 7.99. The Morgan fingerprint density at radius 1 is 1.04 bits per heavy atom. The lowest BCUT2D eigenvalue weighted by molar-refractivity contribution is -0.118. The van der Waals surface area contributed by atoms with Crippen molar-refractivity contribution in [3.8, 4) is 0 Å². The molecule has 0 bridgehead atoms. The Kier molecular flexibility index (Phi) is 5.28. The Hall–Kier alpha value is -2.60. The van der Waals surface area contributed by atoms with Gasteiger partial charge in [0.05, 0.1) is 23.4 Å². The van der Waals surface area contributed by atoms with Crippen LogP contribution < -0.4 is 10.9 Å². The van der Waals surface area contributed by atoms with Gasteiger partial charge in [-0.1, -0.05) is 48.5 Å². The number of fused-ring (bicyclic) bond motifs is 1. The van der Waals surface area contributed by atoms with Crippen LogP contribution in [0, 0.1) is 0 Å². The largest absolute Gasteiger partial charge is 0.350 e. The van der Waals surface area contributed by atoms with E-state index in [9.17, 15) is 9.59 Å². The Morgan fingerprint density at radius 2 is 1.75 bits per heavy atom. The van der Waals surface area contributed by atoms with Gasteiger partial charge in [0.1, 0.15) is 0 Å². The smallest absolute Gasteiger partial charge is 0.272 e. The molecule has 0 aliphatic rings. The van der Waals surface area contributed by atoms with Crippen LogP contribution in [0.3, 0.4) is 0 Å². The molecule has 0 saturated heterocycles. The minimum absolute atomic E-state index is 0.0481. The summed E-state index contributed by atoms with van der Waals surface area (Å²) in [6, 6.07) is 17.3. The van der Waals surface area contributed by atoms with Gasteiger partial charge in [-0.3, -0.25) is 9.59 Å². The number of nitrogens with one attached hydrogen (secondary N) is 2. The van der Waals surface area contributed by atoms with Crippen LogP contribution in [0.25, 0.3) is 10.8 Å². The monoisotopic (exact) mass is 339 g/mol. The molecule has 0 radical (unpaired) electrons. The van der Waals surface area contributed by atoms with Crippen LogP contribution >= 0.6 is 11.8 Å². The summed E-state index contributed by atoms with van der Waals surface area (Å²) in [6.07, 6.45) is 0. The third-order valence-electron chi connectivity index (χ3n) is 3.57. The van der Waals surface area contributed by atoms with E-state index in [0.29, 0.717) is 23.4 Å². The molecule has 1 amide bonds. The van der Waals surface area contributed by atoms with E-state index in [2.05, 4.69) is 15.5 Å². The predicted octanol–water partition coefficient (Wildman–Crippen LogP) is 2.47. The number of carbonyl (C=O) groups excluding carboxylic acids is 1. The number of thioether (sulfide) groups is 1. The van der Waals surface area contributed by atoms with Crippen molar-refractivity contribution in [2.45, 2.75) is 12.3 Å². The predicted molar refractivity (Wildman–Crippen MR) is 96.8 cm³/mol. The third kappa shape index (κ3) is 4.02. The molecule has 0 spiro atoms. The first kappa shape index (κ1) is 16.3. The third-order valence-corrected chi connectivity index (χ3v) is 4.58. The first-order chi connectivity index (χ1) is 11.7. The standard InChI is InChI=1S/C18H17N3O2S/c22-17(12-24-11-13-6-2-1-3-7-13)19-10-16-14-8-4-5-9-15(14)18(23)21-20-16/h1-9H,10-12H2,(H,19,22)(H,21,23). The van der Waals surface area contributed by atoms with E-state index in [0.717, 1.165) is 11.1 Å². The number of hydrogen-bond acceptors (Lipinski definition) is 4. The molecule has 24 heavy (non-hydrogen) atoms. The molecule has 0 saturated carbocycles. The van der Waals surface area contributed by atoms with Crippen LogP contribution in [0.1, 0.15) is 11.3 Å². The molecule has 0 aliphatic carbocycles. The molecule has 122 valence electrons. The second-order valence-electron chi connectivity index (χ2n) is 5.30. The van der Waals surface area contributed by atoms with Crippen molar-refractivity contribution in [3.05, 3.63) is 76.2 Å². The van der Waals surface area contributed by atoms with E-state index in [1.54, 1.807) is 23.9 Å². The summed E-state index contributed by atoms with van der Waals surface area (Å²) >= 11 is 1.57. The Balaban J connectivity index is 1.55. The van der Waals surface area contributed by atoms with Crippen LogP contribution in [-0.2, 0) is 17.1 Å². The van der Waals surface area contributed by atoms with Crippen LogP contribution in [0.4, 0.5) is 0 Å². The second kappa shape index (κ2) is 7.79. The second-order valence-corrected chi connectivity index (χ2v) is 6.29. The van der Waals surface area contributed by atoms with Crippen molar-refractivity contribution in [1.82, 2.24) is 15.5 Å². The van der Waals surface area contributed by atoms with E-state index < -0.39 is 0 Å². The Bertz CT molecular complexity index is 893. The average Bonchev–Trinajstić information content (AvgIpc) is 2.62. The lowest BCUT2D eigenvalue weighted by Crippen LogP contribution is -2.26. The summed E-state index contributed by atoms with van der Waals surface area (Å²) in [4.78, 5) is 23.7. The van der Waals surface area contributed by atoms with Crippen molar-refractivity contribution in [3.63, 3.8) is 0 Å². The highest BCUT2D eigenvalue weighted by atomic mass is 32.2. The summed E-state index contributed by atoms with van der Waals surface area (Å²) in [6.45, 7) is 0.294. The van der Waals surface area contributed by atoms with Gasteiger partial charge in [-0.15, -0.1) is 11.8 Å². The first-order valence-corrected chi connectivity index (χ1v) is 8.74. The molecule has 2 aromatic carbocycles. The van der Waals surface area contributed by atoms with E-state index in [-0.39, 0.29) is 11.5 Å². The maximum absolute atomic E-state index is 12.0. The van der Waals surface area contributed by atoms with E-state index in [4.69, 9.17) is 0 Å². The fourth-order valence-electron chi connectivity index (χ4n) is 2.38. The summed E-state index contributed by atoms with van der Waals surface area (Å²) in [5.41, 5.74) is 1.63. The average molecular weight is 339 g/mol. The molecule has 0 unspecified atom stereocenters. The summed E-state index contributed by atoms with van der Waals surface area (Å²) in [7, 11) is 0. The molecular weight excluding hydrogens is 322 g/mol.